The van der Waals surface area contributed by atoms with E-state index in [1.54, 1.807) is 6.92 Å². The van der Waals surface area contributed by atoms with Crippen LogP contribution < -0.4 is 16.0 Å². The van der Waals surface area contributed by atoms with Crippen LogP contribution in [0.25, 0.3) is 5.57 Å². The van der Waals surface area contributed by atoms with Gasteiger partial charge in [0.05, 0.1) is 0 Å². The van der Waals surface area contributed by atoms with Crippen LogP contribution in [0.1, 0.15) is 37.8 Å². The molecule has 26 heavy (non-hydrogen) atoms. The number of aryl methyl sites for hydroxylation is 1. The number of allylic oxidation sites excluding steroid dienone is 2. The zero-order chi connectivity index (χ0) is 19.4. The SMILES string of the molecule is C=C/C(=C\PCCNC)c1ccc2c(c1)CCCN2C(C)=O.CCCN. The maximum atomic E-state index is 11.7. The fraction of sp³-hybridized carbons (Fsp3) is 0.476. The highest BCUT2D eigenvalue weighted by Crippen LogP contribution is 2.31. The van der Waals surface area contributed by atoms with Gasteiger partial charge in [0.2, 0.25) is 5.91 Å². The third kappa shape index (κ3) is 7.03. The standard InChI is InChI=1S/C18H25N2OP.C3H9N/c1-4-15(13-22-11-9-19-3)16-7-8-18-17(12-16)6-5-10-20(18)14(2)21;1-2-3-4/h4,7-8,12-13,19,22H,1,5-6,9-11H2,2-3H3;2-4H2,1H3/b15-13+;. The first-order valence-electron chi connectivity index (χ1n) is 9.41. The van der Waals surface area contributed by atoms with Gasteiger partial charge in [-0.3, -0.25) is 4.79 Å². The lowest BCUT2D eigenvalue weighted by atomic mass is 9.96. The number of carbonyl (C=O) groups excluding carboxylic acids is 1. The van der Waals surface area contributed by atoms with Crippen LogP contribution in [0, 0.1) is 0 Å². The third-order valence-corrected chi connectivity index (χ3v) is 5.25. The molecule has 1 atom stereocenters. The molecule has 0 saturated heterocycles. The first-order chi connectivity index (χ1) is 12.6. The zero-order valence-corrected chi connectivity index (χ0v) is 17.5. The van der Waals surface area contributed by atoms with Gasteiger partial charge >= 0.3 is 0 Å². The maximum Gasteiger partial charge on any atom is 0.223 e. The highest BCUT2D eigenvalue weighted by atomic mass is 31.1. The Labute approximate surface area is 160 Å². The van der Waals surface area contributed by atoms with Gasteiger partial charge in [-0.2, -0.15) is 0 Å². The van der Waals surface area contributed by atoms with E-state index in [9.17, 15) is 4.79 Å². The molecule has 0 aromatic heterocycles. The molecule has 1 aliphatic rings. The first-order valence-corrected chi connectivity index (χ1v) is 10.7. The summed E-state index contributed by atoms with van der Waals surface area (Å²) in [6.45, 7) is 10.3. The van der Waals surface area contributed by atoms with E-state index in [1.165, 1.54) is 16.7 Å². The van der Waals surface area contributed by atoms with Crippen LogP contribution >= 0.6 is 8.58 Å². The predicted octanol–water partition coefficient (Wildman–Crippen LogP) is 3.77. The van der Waals surface area contributed by atoms with Gasteiger partial charge < -0.3 is 16.0 Å². The van der Waals surface area contributed by atoms with Gasteiger partial charge in [-0.25, -0.2) is 0 Å². The number of rotatable bonds is 7. The molecule has 0 spiro atoms. The van der Waals surface area contributed by atoms with Gasteiger partial charge in [-0.05, 0) is 74.4 Å². The average Bonchev–Trinajstić information content (AvgIpc) is 2.67. The molecule has 144 valence electrons. The summed E-state index contributed by atoms with van der Waals surface area (Å²) in [5.41, 5.74) is 9.77. The van der Waals surface area contributed by atoms with Gasteiger partial charge in [0, 0.05) is 19.2 Å². The van der Waals surface area contributed by atoms with Crippen LogP contribution in [0.4, 0.5) is 5.69 Å². The fourth-order valence-electron chi connectivity index (χ4n) is 2.74. The van der Waals surface area contributed by atoms with Crippen LogP contribution in [0.15, 0.2) is 36.7 Å². The van der Waals surface area contributed by atoms with E-state index < -0.39 is 0 Å². The van der Waals surface area contributed by atoms with E-state index in [0.29, 0.717) is 0 Å². The summed E-state index contributed by atoms with van der Waals surface area (Å²) in [5, 5.41) is 3.17. The summed E-state index contributed by atoms with van der Waals surface area (Å²) in [6.07, 6.45) is 6.25. The second-order valence-corrected chi connectivity index (χ2v) is 7.46. The van der Waals surface area contributed by atoms with Crippen LogP contribution in [0.2, 0.25) is 0 Å². The van der Waals surface area contributed by atoms with Crippen LogP contribution in [-0.2, 0) is 11.2 Å². The molecule has 1 aromatic carbocycles. The van der Waals surface area contributed by atoms with Crippen molar-refractivity contribution in [3.8, 4) is 0 Å². The smallest absolute Gasteiger partial charge is 0.223 e. The highest BCUT2D eigenvalue weighted by Gasteiger charge is 2.20. The van der Waals surface area contributed by atoms with Crippen molar-refractivity contribution >= 4 is 25.7 Å². The molecule has 0 fully saturated rings. The van der Waals surface area contributed by atoms with E-state index in [0.717, 1.165) is 59.3 Å². The zero-order valence-electron chi connectivity index (χ0n) is 16.5. The Morgan fingerprint density at radius 1 is 1.46 bits per heavy atom. The Morgan fingerprint density at radius 3 is 2.77 bits per heavy atom. The van der Waals surface area contributed by atoms with E-state index in [-0.39, 0.29) is 5.91 Å². The number of amides is 1. The Balaban J connectivity index is 0.000000765. The predicted molar refractivity (Wildman–Crippen MR) is 117 cm³/mol. The number of benzene rings is 1. The van der Waals surface area contributed by atoms with E-state index in [2.05, 4.69) is 42.8 Å². The van der Waals surface area contributed by atoms with Crippen molar-refractivity contribution in [1.82, 2.24) is 5.32 Å². The molecule has 1 amide bonds. The quantitative estimate of drug-likeness (QED) is 0.433. The van der Waals surface area contributed by atoms with Crippen molar-refractivity contribution < 1.29 is 4.79 Å². The molecule has 0 radical (unpaired) electrons. The minimum atomic E-state index is 0.127. The van der Waals surface area contributed by atoms with E-state index >= 15 is 0 Å². The summed E-state index contributed by atoms with van der Waals surface area (Å²) in [6, 6.07) is 6.41. The van der Waals surface area contributed by atoms with Gasteiger partial charge in [0.25, 0.3) is 0 Å². The molecule has 0 bridgehead atoms. The molecule has 1 heterocycles. The molecule has 2 rings (SSSR count). The van der Waals surface area contributed by atoms with Crippen molar-refractivity contribution in [3.63, 3.8) is 0 Å². The lowest BCUT2D eigenvalue weighted by molar-refractivity contribution is -0.116. The minimum Gasteiger partial charge on any atom is -0.330 e. The fourth-order valence-corrected chi connectivity index (χ4v) is 3.79. The molecular weight excluding hydrogens is 341 g/mol. The first kappa shape index (κ1) is 22.6. The van der Waals surface area contributed by atoms with Crippen molar-refractivity contribution in [1.29, 1.82) is 0 Å². The number of anilines is 1. The number of fused-ring (bicyclic) bond motifs is 1. The second-order valence-electron chi connectivity index (χ2n) is 6.27. The maximum absolute atomic E-state index is 11.7. The van der Waals surface area contributed by atoms with Gasteiger partial charge in [-0.15, -0.1) is 0 Å². The Kier molecular flexibility index (Phi) is 11.1. The summed E-state index contributed by atoms with van der Waals surface area (Å²) in [7, 11) is 2.77. The number of hydrogen-bond acceptors (Lipinski definition) is 3. The second kappa shape index (κ2) is 12.8. The minimum absolute atomic E-state index is 0.127. The van der Waals surface area contributed by atoms with E-state index in [4.69, 9.17) is 5.73 Å². The molecule has 5 heteroatoms. The molecular formula is C21H34N3OP. The Bertz CT molecular complexity index is 611. The lowest BCUT2D eigenvalue weighted by Gasteiger charge is -2.29. The molecule has 0 aliphatic carbocycles. The van der Waals surface area contributed by atoms with Crippen LogP contribution in [0.3, 0.4) is 0 Å². The summed E-state index contributed by atoms with van der Waals surface area (Å²) in [5.74, 6) is 2.40. The van der Waals surface area contributed by atoms with Gasteiger partial charge in [0.1, 0.15) is 0 Å². The lowest BCUT2D eigenvalue weighted by Crippen LogP contribution is -2.33. The van der Waals surface area contributed by atoms with Crippen molar-refractivity contribution in [2.24, 2.45) is 5.73 Å². The molecule has 4 nitrogen and oxygen atoms in total. The van der Waals surface area contributed by atoms with Crippen molar-refractivity contribution in [2.75, 3.05) is 37.7 Å². The summed E-state index contributed by atoms with van der Waals surface area (Å²) >= 11 is 0. The number of nitrogens with two attached hydrogens (primary N) is 1. The largest absolute Gasteiger partial charge is 0.330 e. The summed E-state index contributed by atoms with van der Waals surface area (Å²) in [4.78, 5) is 13.6. The average molecular weight is 375 g/mol. The number of nitrogens with one attached hydrogen (secondary N) is 1. The molecule has 3 N–H and O–H groups in total. The molecule has 0 saturated carbocycles. The van der Waals surface area contributed by atoms with E-state index in [1.807, 2.05) is 18.0 Å². The Hall–Kier alpha value is -1.48. The van der Waals surface area contributed by atoms with Crippen molar-refractivity contribution in [3.05, 3.63) is 47.8 Å². The summed E-state index contributed by atoms with van der Waals surface area (Å²) < 4.78 is 0. The molecule has 1 aromatic rings. The normalized spacial score (nSPS) is 14.0. The third-order valence-electron chi connectivity index (χ3n) is 4.20. The number of nitrogens with zero attached hydrogens (tertiary/aromatic N) is 1. The van der Waals surface area contributed by atoms with Crippen molar-refractivity contribution in [2.45, 2.75) is 33.1 Å². The van der Waals surface area contributed by atoms with Crippen LogP contribution in [-0.4, -0.2) is 38.8 Å². The van der Waals surface area contributed by atoms with Gasteiger partial charge in [-0.1, -0.05) is 40.0 Å². The number of hydrogen-bond donors (Lipinski definition) is 2. The van der Waals surface area contributed by atoms with Gasteiger partial charge in [0.15, 0.2) is 0 Å². The topological polar surface area (TPSA) is 58.4 Å². The monoisotopic (exact) mass is 375 g/mol. The number of carbonyl (C=O) groups is 1. The molecule has 1 unspecified atom stereocenters. The van der Waals surface area contributed by atoms with Crippen LogP contribution in [0.5, 0.6) is 0 Å². The highest BCUT2D eigenvalue weighted by molar-refractivity contribution is 7.42. The molecule has 1 aliphatic heterocycles. The Morgan fingerprint density at radius 2 is 2.19 bits per heavy atom.